The Hall–Kier alpha value is -2.02. The minimum Gasteiger partial charge on any atom is -0.490 e. The van der Waals surface area contributed by atoms with Crippen molar-refractivity contribution in [3.8, 4) is 5.75 Å². The van der Waals surface area contributed by atoms with E-state index in [4.69, 9.17) is 4.74 Å². The molecule has 1 aromatic heterocycles. The predicted octanol–water partition coefficient (Wildman–Crippen LogP) is 3.12. The number of piperazine rings is 1. The molecule has 0 radical (unpaired) electrons. The number of nitrogens with zero attached hydrogens (tertiary/aromatic N) is 2. The van der Waals surface area contributed by atoms with E-state index >= 15 is 0 Å². The molecule has 1 saturated heterocycles. The highest BCUT2D eigenvalue weighted by Gasteiger charge is 2.27. The van der Waals surface area contributed by atoms with Gasteiger partial charge in [-0.3, -0.25) is 4.98 Å². The molecule has 6 nitrogen and oxygen atoms in total. The number of urea groups is 1. The van der Waals surface area contributed by atoms with Crippen LogP contribution in [0.5, 0.6) is 5.75 Å². The van der Waals surface area contributed by atoms with Crippen molar-refractivity contribution < 1.29 is 9.53 Å². The van der Waals surface area contributed by atoms with Crippen LogP contribution in [-0.2, 0) is 0 Å². The Balaban J connectivity index is 0.00000169. The second-order valence-corrected chi connectivity index (χ2v) is 5.85. The van der Waals surface area contributed by atoms with Crippen molar-refractivity contribution in [2.75, 3.05) is 31.6 Å². The number of benzene rings is 1. The third-order valence-corrected chi connectivity index (χ3v) is 3.99. The molecule has 1 aliphatic heterocycles. The van der Waals surface area contributed by atoms with E-state index in [1.54, 1.807) is 12.4 Å². The summed E-state index contributed by atoms with van der Waals surface area (Å²) in [5.41, 5.74) is 1.97. The molecule has 1 aliphatic rings. The second-order valence-electron chi connectivity index (χ2n) is 5.85. The fourth-order valence-corrected chi connectivity index (χ4v) is 2.63. The maximum atomic E-state index is 12.6. The third-order valence-electron chi connectivity index (χ3n) is 3.99. The molecule has 0 saturated carbocycles. The van der Waals surface area contributed by atoms with E-state index in [1.165, 1.54) is 0 Å². The zero-order valence-corrected chi connectivity index (χ0v) is 16.2. The van der Waals surface area contributed by atoms with Crippen molar-refractivity contribution >= 4 is 36.5 Å². The minimum absolute atomic E-state index is 0. The molecule has 2 N–H and O–H groups in total. The molecule has 2 heterocycles. The number of hydrogen-bond acceptors (Lipinski definition) is 4. The summed E-state index contributed by atoms with van der Waals surface area (Å²) in [5.74, 6) is 0.710. The van der Waals surface area contributed by atoms with Gasteiger partial charge in [-0.05, 0) is 31.2 Å². The number of carbonyl (C=O) groups is 1. The van der Waals surface area contributed by atoms with Gasteiger partial charge in [-0.15, -0.1) is 24.8 Å². The standard InChI is InChI=1S/C18H22N4O2.2ClH/c1-14-4-6-15(7-5-14)21-18(23)22-10-9-20-11-16(22)13-24-17-3-2-8-19-12-17;;/h2-8,12,16,20H,9-11,13H2,1H3,(H,21,23);2*1H. The smallest absolute Gasteiger partial charge is 0.322 e. The largest absolute Gasteiger partial charge is 0.490 e. The summed E-state index contributed by atoms with van der Waals surface area (Å²) in [5, 5.41) is 6.27. The molecular weight excluding hydrogens is 375 g/mol. The van der Waals surface area contributed by atoms with Gasteiger partial charge in [0.15, 0.2) is 0 Å². The lowest BCUT2D eigenvalue weighted by Crippen LogP contribution is -2.57. The van der Waals surface area contributed by atoms with Crippen LogP contribution >= 0.6 is 24.8 Å². The van der Waals surface area contributed by atoms with Crippen LogP contribution in [0.15, 0.2) is 48.8 Å². The number of aryl methyl sites for hydroxylation is 1. The van der Waals surface area contributed by atoms with E-state index in [0.29, 0.717) is 25.4 Å². The minimum atomic E-state index is -0.0971. The first kappa shape index (κ1) is 22.0. The van der Waals surface area contributed by atoms with Crippen LogP contribution in [0.4, 0.5) is 10.5 Å². The average Bonchev–Trinajstić information content (AvgIpc) is 2.63. The summed E-state index contributed by atoms with van der Waals surface area (Å²) >= 11 is 0. The summed E-state index contributed by atoms with van der Waals surface area (Å²) in [4.78, 5) is 18.5. The molecule has 2 aromatic rings. The summed E-state index contributed by atoms with van der Waals surface area (Å²) in [6, 6.07) is 11.4. The number of anilines is 1. The van der Waals surface area contributed by atoms with Gasteiger partial charge in [0.2, 0.25) is 0 Å². The maximum Gasteiger partial charge on any atom is 0.322 e. The van der Waals surface area contributed by atoms with E-state index in [9.17, 15) is 4.79 Å². The summed E-state index contributed by atoms with van der Waals surface area (Å²) in [6.07, 6.45) is 3.38. The van der Waals surface area contributed by atoms with Crippen molar-refractivity contribution in [1.82, 2.24) is 15.2 Å². The van der Waals surface area contributed by atoms with E-state index < -0.39 is 0 Å². The third kappa shape index (κ3) is 6.05. The monoisotopic (exact) mass is 398 g/mol. The van der Waals surface area contributed by atoms with Gasteiger partial charge in [-0.2, -0.15) is 0 Å². The average molecular weight is 399 g/mol. The van der Waals surface area contributed by atoms with Gasteiger partial charge >= 0.3 is 6.03 Å². The van der Waals surface area contributed by atoms with E-state index in [-0.39, 0.29) is 36.9 Å². The number of hydrogen-bond donors (Lipinski definition) is 2. The number of pyridine rings is 1. The number of carbonyl (C=O) groups excluding carboxylic acids is 1. The summed E-state index contributed by atoms with van der Waals surface area (Å²) in [6.45, 7) is 4.60. The number of nitrogens with one attached hydrogen (secondary N) is 2. The van der Waals surface area contributed by atoms with Gasteiger partial charge in [-0.25, -0.2) is 4.79 Å². The highest BCUT2D eigenvalue weighted by Crippen LogP contribution is 2.13. The van der Waals surface area contributed by atoms with Crippen LogP contribution in [0, 0.1) is 6.92 Å². The second kappa shape index (κ2) is 10.9. The molecule has 0 spiro atoms. The van der Waals surface area contributed by atoms with Crippen molar-refractivity contribution in [3.05, 3.63) is 54.4 Å². The molecule has 1 aromatic carbocycles. The SMILES string of the molecule is Cc1ccc(NC(=O)N2CCNCC2COc2cccnc2)cc1.Cl.Cl. The molecule has 1 atom stereocenters. The lowest BCUT2D eigenvalue weighted by atomic mass is 10.2. The summed E-state index contributed by atoms with van der Waals surface area (Å²) < 4.78 is 5.77. The van der Waals surface area contributed by atoms with Crippen molar-refractivity contribution in [3.63, 3.8) is 0 Å². The number of aromatic nitrogens is 1. The highest BCUT2D eigenvalue weighted by atomic mass is 35.5. The molecule has 0 aliphatic carbocycles. The number of ether oxygens (including phenoxy) is 1. The Morgan fingerprint density at radius 3 is 2.77 bits per heavy atom. The van der Waals surface area contributed by atoms with Crippen molar-refractivity contribution in [2.24, 2.45) is 0 Å². The Morgan fingerprint density at radius 1 is 1.31 bits per heavy atom. The Bertz CT molecular complexity index is 671. The Morgan fingerprint density at radius 2 is 2.08 bits per heavy atom. The molecule has 3 rings (SSSR count). The van der Waals surface area contributed by atoms with E-state index in [0.717, 1.165) is 17.8 Å². The molecule has 1 fully saturated rings. The van der Waals surface area contributed by atoms with Crippen LogP contribution in [0.2, 0.25) is 0 Å². The summed E-state index contributed by atoms with van der Waals surface area (Å²) in [7, 11) is 0. The molecule has 2 amide bonds. The predicted molar refractivity (Wildman–Crippen MR) is 108 cm³/mol. The van der Waals surface area contributed by atoms with Gasteiger partial charge in [-0.1, -0.05) is 17.7 Å². The normalized spacial score (nSPS) is 16.0. The van der Waals surface area contributed by atoms with Crippen LogP contribution in [-0.4, -0.2) is 48.2 Å². The van der Waals surface area contributed by atoms with Crippen LogP contribution in [0.3, 0.4) is 0 Å². The first-order chi connectivity index (χ1) is 11.7. The van der Waals surface area contributed by atoms with Gasteiger partial charge in [0, 0.05) is 31.5 Å². The van der Waals surface area contributed by atoms with Crippen molar-refractivity contribution in [1.29, 1.82) is 0 Å². The fraction of sp³-hybridized carbons (Fsp3) is 0.333. The first-order valence-corrected chi connectivity index (χ1v) is 8.10. The first-order valence-electron chi connectivity index (χ1n) is 8.10. The molecular formula is C18H24Cl2N4O2. The van der Waals surface area contributed by atoms with Gasteiger partial charge in [0.25, 0.3) is 0 Å². The number of rotatable bonds is 4. The Labute approximate surface area is 166 Å². The van der Waals surface area contributed by atoms with Gasteiger partial charge in [0.1, 0.15) is 12.4 Å². The van der Waals surface area contributed by atoms with Crippen LogP contribution in [0.25, 0.3) is 0 Å². The highest BCUT2D eigenvalue weighted by molar-refractivity contribution is 5.89. The van der Waals surface area contributed by atoms with E-state index in [1.807, 2.05) is 48.2 Å². The Kier molecular flexibility index (Phi) is 9.19. The molecule has 142 valence electrons. The zero-order valence-electron chi connectivity index (χ0n) is 14.6. The van der Waals surface area contributed by atoms with Crippen LogP contribution < -0.4 is 15.4 Å². The van der Waals surface area contributed by atoms with Crippen molar-refractivity contribution in [2.45, 2.75) is 13.0 Å². The molecule has 26 heavy (non-hydrogen) atoms. The van der Waals surface area contributed by atoms with Gasteiger partial charge < -0.3 is 20.3 Å². The quantitative estimate of drug-likeness (QED) is 0.829. The number of amides is 2. The zero-order chi connectivity index (χ0) is 16.8. The van der Waals surface area contributed by atoms with E-state index in [2.05, 4.69) is 15.6 Å². The fourth-order valence-electron chi connectivity index (χ4n) is 2.63. The van der Waals surface area contributed by atoms with Gasteiger partial charge in [0.05, 0.1) is 12.2 Å². The number of halogens is 2. The van der Waals surface area contributed by atoms with Crippen LogP contribution in [0.1, 0.15) is 5.56 Å². The lowest BCUT2D eigenvalue weighted by Gasteiger charge is -2.35. The lowest BCUT2D eigenvalue weighted by molar-refractivity contribution is 0.133. The topological polar surface area (TPSA) is 66.5 Å². The maximum absolute atomic E-state index is 12.6. The molecule has 0 bridgehead atoms. The molecule has 1 unspecified atom stereocenters. The molecule has 8 heteroatoms.